The Kier molecular flexibility index (Phi) is 4.43. The molecule has 1 unspecified atom stereocenters. The summed E-state index contributed by atoms with van der Waals surface area (Å²) in [6.45, 7) is 2.21. The molecule has 6 heteroatoms. The maximum atomic E-state index is 12.8. The molecule has 0 spiro atoms. The highest BCUT2D eigenvalue weighted by molar-refractivity contribution is 5.95. The SMILES string of the molecule is CC(CO)N(CC1CCC1)C(=O)c1n[nH]c2ccccc2c1=O. The fourth-order valence-corrected chi connectivity index (χ4v) is 2.87. The number of fused-ring (bicyclic) bond motifs is 1. The second kappa shape index (κ2) is 6.50. The molecule has 1 saturated carbocycles. The zero-order valence-corrected chi connectivity index (χ0v) is 13.2. The average molecular weight is 315 g/mol. The van der Waals surface area contributed by atoms with Gasteiger partial charge in [0.05, 0.1) is 18.2 Å². The van der Waals surface area contributed by atoms with Crippen molar-refractivity contribution in [2.24, 2.45) is 5.92 Å². The van der Waals surface area contributed by atoms with E-state index in [0.717, 1.165) is 12.8 Å². The Bertz CT molecular complexity index is 767. The largest absolute Gasteiger partial charge is 0.394 e. The first-order valence-corrected chi connectivity index (χ1v) is 8.01. The number of H-pyrrole nitrogens is 1. The molecule has 1 heterocycles. The van der Waals surface area contributed by atoms with Gasteiger partial charge in [-0.1, -0.05) is 18.6 Å². The number of aliphatic hydroxyl groups excluding tert-OH is 1. The van der Waals surface area contributed by atoms with Crippen LogP contribution >= 0.6 is 0 Å². The summed E-state index contributed by atoms with van der Waals surface area (Å²) in [6, 6.07) is 6.65. The second-order valence-electron chi connectivity index (χ2n) is 6.23. The lowest BCUT2D eigenvalue weighted by atomic mass is 9.85. The zero-order valence-electron chi connectivity index (χ0n) is 13.2. The smallest absolute Gasteiger partial charge is 0.278 e. The van der Waals surface area contributed by atoms with Crippen molar-refractivity contribution in [2.45, 2.75) is 32.2 Å². The molecule has 1 amide bonds. The molecule has 1 aromatic heterocycles. The number of aliphatic hydroxyl groups is 1. The molecule has 1 aliphatic carbocycles. The van der Waals surface area contributed by atoms with Crippen LogP contribution in [0.3, 0.4) is 0 Å². The molecule has 122 valence electrons. The molecular weight excluding hydrogens is 294 g/mol. The van der Waals surface area contributed by atoms with E-state index in [1.54, 1.807) is 36.1 Å². The lowest BCUT2D eigenvalue weighted by Gasteiger charge is -2.35. The summed E-state index contributed by atoms with van der Waals surface area (Å²) < 4.78 is 0. The Morgan fingerprint density at radius 2 is 2.17 bits per heavy atom. The van der Waals surface area contributed by atoms with Crippen molar-refractivity contribution in [1.82, 2.24) is 15.1 Å². The van der Waals surface area contributed by atoms with Gasteiger partial charge in [-0.15, -0.1) is 0 Å². The Morgan fingerprint density at radius 1 is 1.43 bits per heavy atom. The number of amides is 1. The predicted molar refractivity (Wildman–Crippen MR) is 87.3 cm³/mol. The maximum absolute atomic E-state index is 12.8. The maximum Gasteiger partial charge on any atom is 0.278 e. The fraction of sp³-hybridized carbons (Fsp3) is 0.471. The van der Waals surface area contributed by atoms with E-state index in [1.807, 2.05) is 0 Å². The molecule has 1 fully saturated rings. The van der Waals surface area contributed by atoms with E-state index in [9.17, 15) is 14.7 Å². The summed E-state index contributed by atoms with van der Waals surface area (Å²) >= 11 is 0. The molecule has 2 N–H and O–H groups in total. The Balaban J connectivity index is 1.95. The third-order valence-corrected chi connectivity index (χ3v) is 4.61. The summed E-state index contributed by atoms with van der Waals surface area (Å²) in [7, 11) is 0. The number of para-hydroxylation sites is 1. The second-order valence-corrected chi connectivity index (χ2v) is 6.23. The molecule has 2 aromatic rings. The quantitative estimate of drug-likeness (QED) is 0.876. The first-order chi connectivity index (χ1) is 11.1. The van der Waals surface area contributed by atoms with Crippen molar-refractivity contribution in [2.75, 3.05) is 13.2 Å². The van der Waals surface area contributed by atoms with Gasteiger partial charge >= 0.3 is 0 Å². The van der Waals surface area contributed by atoms with Gasteiger partial charge < -0.3 is 10.0 Å². The van der Waals surface area contributed by atoms with Gasteiger partial charge in [-0.2, -0.15) is 5.10 Å². The first kappa shape index (κ1) is 15.7. The predicted octanol–water partition coefficient (Wildman–Crippen LogP) is 1.55. The first-order valence-electron chi connectivity index (χ1n) is 8.01. The number of carbonyl (C=O) groups excluding carboxylic acids is 1. The highest BCUT2D eigenvalue weighted by Crippen LogP contribution is 2.28. The summed E-state index contributed by atoms with van der Waals surface area (Å²) in [5.74, 6) is 0.0398. The van der Waals surface area contributed by atoms with E-state index >= 15 is 0 Å². The van der Waals surface area contributed by atoms with Crippen LogP contribution in [0.4, 0.5) is 0 Å². The van der Waals surface area contributed by atoms with Crippen molar-refractivity contribution in [3.05, 3.63) is 40.2 Å². The van der Waals surface area contributed by atoms with Crippen molar-refractivity contribution in [3.63, 3.8) is 0 Å². The van der Waals surface area contributed by atoms with Gasteiger partial charge in [0.2, 0.25) is 5.43 Å². The van der Waals surface area contributed by atoms with Crippen LogP contribution in [0.25, 0.3) is 10.9 Å². The van der Waals surface area contributed by atoms with Crippen LogP contribution in [0.1, 0.15) is 36.7 Å². The van der Waals surface area contributed by atoms with Crippen LogP contribution in [0.5, 0.6) is 0 Å². The molecule has 0 saturated heterocycles. The highest BCUT2D eigenvalue weighted by Gasteiger charge is 2.29. The van der Waals surface area contributed by atoms with Gasteiger partial charge in [0.1, 0.15) is 0 Å². The van der Waals surface area contributed by atoms with Gasteiger partial charge in [-0.25, -0.2) is 0 Å². The Labute approximate surface area is 134 Å². The van der Waals surface area contributed by atoms with Crippen LogP contribution in [-0.4, -0.2) is 45.3 Å². The number of hydrogen-bond acceptors (Lipinski definition) is 4. The van der Waals surface area contributed by atoms with E-state index in [4.69, 9.17) is 0 Å². The van der Waals surface area contributed by atoms with Crippen LogP contribution in [0.2, 0.25) is 0 Å². The Hall–Kier alpha value is -2.21. The number of aromatic amines is 1. The minimum absolute atomic E-state index is 0.108. The molecule has 0 aliphatic heterocycles. The van der Waals surface area contributed by atoms with E-state index in [2.05, 4.69) is 10.2 Å². The average Bonchev–Trinajstić information content (AvgIpc) is 2.53. The third-order valence-electron chi connectivity index (χ3n) is 4.61. The van der Waals surface area contributed by atoms with Gasteiger partial charge in [0.15, 0.2) is 5.69 Å². The molecule has 3 rings (SSSR count). The summed E-state index contributed by atoms with van der Waals surface area (Å²) in [4.78, 5) is 27.0. The number of carbonyl (C=O) groups is 1. The minimum Gasteiger partial charge on any atom is -0.394 e. The summed E-state index contributed by atoms with van der Waals surface area (Å²) in [6.07, 6.45) is 3.35. The summed E-state index contributed by atoms with van der Waals surface area (Å²) in [5.41, 5.74) is 0.131. The highest BCUT2D eigenvalue weighted by atomic mass is 16.3. The van der Waals surface area contributed by atoms with Crippen LogP contribution in [0, 0.1) is 5.92 Å². The van der Waals surface area contributed by atoms with Gasteiger partial charge in [0, 0.05) is 11.9 Å². The molecule has 23 heavy (non-hydrogen) atoms. The molecule has 0 bridgehead atoms. The van der Waals surface area contributed by atoms with E-state index < -0.39 is 5.91 Å². The number of aromatic nitrogens is 2. The van der Waals surface area contributed by atoms with E-state index in [-0.39, 0.29) is 23.8 Å². The lowest BCUT2D eigenvalue weighted by Crippen LogP contribution is -2.46. The molecule has 1 aliphatic rings. The molecular formula is C17H21N3O3. The van der Waals surface area contributed by atoms with Crippen LogP contribution in [0.15, 0.2) is 29.1 Å². The zero-order chi connectivity index (χ0) is 16.4. The van der Waals surface area contributed by atoms with Crippen molar-refractivity contribution in [1.29, 1.82) is 0 Å². The van der Waals surface area contributed by atoms with Crippen LogP contribution in [-0.2, 0) is 0 Å². The molecule has 6 nitrogen and oxygen atoms in total. The molecule has 1 atom stereocenters. The number of nitrogens with zero attached hydrogens (tertiary/aromatic N) is 2. The molecule has 0 radical (unpaired) electrons. The monoisotopic (exact) mass is 315 g/mol. The van der Waals surface area contributed by atoms with Gasteiger partial charge in [-0.05, 0) is 37.8 Å². The standard InChI is InChI=1S/C17H21N3O3/c1-11(10-21)20(9-12-5-4-6-12)17(23)15-16(22)13-7-2-3-8-14(13)18-19-15/h2-3,7-8,11-12,21H,4-6,9-10H2,1H3,(H,18,22). The number of hydrogen-bond donors (Lipinski definition) is 2. The van der Waals surface area contributed by atoms with Crippen molar-refractivity contribution in [3.8, 4) is 0 Å². The fourth-order valence-electron chi connectivity index (χ4n) is 2.87. The van der Waals surface area contributed by atoms with Crippen LogP contribution < -0.4 is 5.43 Å². The normalized spacial score (nSPS) is 16.1. The number of rotatable bonds is 5. The topological polar surface area (TPSA) is 86.3 Å². The van der Waals surface area contributed by atoms with Crippen molar-refractivity contribution < 1.29 is 9.90 Å². The van der Waals surface area contributed by atoms with E-state index in [0.29, 0.717) is 23.4 Å². The van der Waals surface area contributed by atoms with Gasteiger partial charge in [0.25, 0.3) is 5.91 Å². The lowest BCUT2D eigenvalue weighted by molar-refractivity contribution is 0.0521. The number of nitrogens with one attached hydrogen (secondary N) is 1. The summed E-state index contributed by atoms with van der Waals surface area (Å²) in [5, 5.41) is 16.7. The van der Waals surface area contributed by atoms with E-state index in [1.165, 1.54) is 6.42 Å². The minimum atomic E-state index is -0.412. The van der Waals surface area contributed by atoms with Gasteiger partial charge in [-0.3, -0.25) is 14.7 Å². The van der Waals surface area contributed by atoms with Crippen molar-refractivity contribution >= 4 is 16.8 Å². The molecule has 1 aromatic carbocycles. The number of benzene rings is 1. The Morgan fingerprint density at radius 3 is 2.83 bits per heavy atom. The third kappa shape index (κ3) is 2.99.